The third kappa shape index (κ3) is 2.45. The van der Waals surface area contributed by atoms with Crippen LogP contribution in [0.5, 0.6) is 0 Å². The summed E-state index contributed by atoms with van der Waals surface area (Å²) >= 11 is 1.85. The van der Waals surface area contributed by atoms with Gasteiger partial charge in [0, 0.05) is 12.6 Å². The van der Waals surface area contributed by atoms with Crippen LogP contribution in [0.2, 0.25) is 0 Å². The molecule has 1 aliphatic heterocycles. The van der Waals surface area contributed by atoms with Crippen molar-refractivity contribution in [1.82, 2.24) is 9.55 Å². The van der Waals surface area contributed by atoms with Gasteiger partial charge in [0.05, 0.1) is 15.8 Å². The SMILES string of the molecule is CC[C@H]1O[C@@H](n2cc(I)c(=O)[nH]c2=O)CC1O. The molecular weight excluding hydrogens is 339 g/mol. The molecule has 0 spiro atoms. The van der Waals surface area contributed by atoms with Gasteiger partial charge in [0.25, 0.3) is 5.56 Å². The average molecular weight is 352 g/mol. The van der Waals surface area contributed by atoms with Crippen molar-refractivity contribution >= 4 is 22.6 Å². The maximum Gasteiger partial charge on any atom is 0.330 e. The van der Waals surface area contributed by atoms with Crippen LogP contribution in [0.25, 0.3) is 0 Å². The topological polar surface area (TPSA) is 84.3 Å². The van der Waals surface area contributed by atoms with Crippen molar-refractivity contribution < 1.29 is 9.84 Å². The van der Waals surface area contributed by atoms with E-state index in [9.17, 15) is 14.7 Å². The number of hydrogen-bond acceptors (Lipinski definition) is 4. The Hall–Kier alpha value is -0.670. The summed E-state index contributed by atoms with van der Waals surface area (Å²) in [5.41, 5.74) is -0.915. The molecule has 1 fully saturated rings. The molecule has 1 aromatic rings. The Morgan fingerprint density at radius 3 is 2.94 bits per heavy atom. The fraction of sp³-hybridized carbons (Fsp3) is 0.600. The van der Waals surface area contributed by atoms with E-state index < -0.39 is 23.6 Å². The van der Waals surface area contributed by atoms with Crippen molar-refractivity contribution in [2.45, 2.75) is 38.2 Å². The zero-order valence-corrected chi connectivity index (χ0v) is 11.4. The summed E-state index contributed by atoms with van der Waals surface area (Å²) in [6.45, 7) is 1.91. The van der Waals surface area contributed by atoms with Gasteiger partial charge in [-0.1, -0.05) is 6.92 Å². The minimum atomic E-state index is -0.568. The molecule has 0 saturated carbocycles. The Balaban J connectivity index is 2.34. The van der Waals surface area contributed by atoms with Crippen LogP contribution in [0.1, 0.15) is 26.0 Å². The number of ether oxygens (including phenoxy) is 1. The normalized spacial score (nSPS) is 28.5. The van der Waals surface area contributed by atoms with E-state index in [2.05, 4.69) is 4.98 Å². The van der Waals surface area contributed by atoms with Crippen LogP contribution < -0.4 is 11.2 Å². The molecule has 2 rings (SSSR count). The second-order valence-corrected chi connectivity index (χ2v) is 5.15. The fourth-order valence-corrected chi connectivity index (χ4v) is 2.36. The second kappa shape index (κ2) is 4.91. The lowest BCUT2D eigenvalue weighted by Crippen LogP contribution is -2.33. The Kier molecular flexibility index (Phi) is 3.69. The summed E-state index contributed by atoms with van der Waals surface area (Å²) in [7, 11) is 0. The van der Waals surface area contributed by atoms with Crippen LogP contribution >= 0.6 is 22.6 Å². The van der Waals surface area contributed by atoms with Gasteiger partial charge in [-0.3, -0.25) is 14.3 Å². The van der Waals surface area contributed by atoms with Crippen molar-refractivity contribution in [3.63, 3.8) is 0 Å². The van der Waals surface area contributed by atoms with Crippen molar-refractivity contribution in [2.24, 2.45) is 0 Å². The van der Waals surface area contributed by atoms with Gasteiger partial charge in [-0.15, -0.1) is 0 Å². The van der Waals surface area contributed by atoms with Crippen LogP contribution in [-0.2, 0) is 4.74 Å². The highest BCUT2D eigenvalue weighted by Gasteiger charge is 2.34. The van der Waals surface area contributed by atoms with Crippen molar-refractivity contribution in [3.8, 4) is 0 Å². The van der Waals surface area contributed by atoms with Gasteiger partial charge in [0.1, 0.15) is 6.23 Å². The number of aromatic nitrogens is 2. The molecule has 1 unspecified atom stereocenters. The maximum absolute atomic E-state index is 11.6. The number of aliphatic hydroxyl groups excluding tert-OH is 1. The van der Waals surface area contributed by atoms with E-state index in [4.69, 9.17) is 4.74 Å². The van der Waals surface area contributed by atoms with Crippen LogP contribution in [0.3, 0.4) is 0 Å². The highest BCUT2D eigenvalue weighted by molar-refractivity contribution is 14.1. The highest BCUT2D eigenvalue weighted by Crippen LogP contribution is 2.29. The van der Waals surface area contributed by atoms with Crippen LogP contribution in [0, 0.1) is 3.57 Å². The lowest BCUT2D eigenvalue weighted by Gasteiger charge is -2.14. The van der Waals surface area contributed by atoms with Crippen LogP contribution in [0.15, 0.2) is 15.8 Å². The molecular formula is C10H13IN2O4. The van der Waals surface area contributed by atoms with E-state index in [1.807, 2.05) is 29.5 Å². The molecule has 7 heteroatoms. The van der Waals surface area contributed by atoms with E-state index in [-0.39, 0.29) is 6.10 Å². The molecule has 2 N–H and O–H groups in total. The summed E-state index contributed by atoms with van der Waals surface area (Å²) in [6.07, 6.45) is 1.18. The molecule has 1 aliphatic rings. The summed E-state index contributed by atoms with van der Waals surface area (Å²) in [5.74, 6) is 0. The molecule has 0 bridgehead atoms. The van der Waals surface area contributed by atoms with Gasteiger partial charge in [0.2, 0.25) is 0 Å². The van der Waals surface area contributed by atoms with Crippen molar-refractivity contribution in [2.75, 3.05) is 0 Å². The van der Waals surface area contributed by atoms with E-state index in [0.717, 1.165) is 0 Å². The molecule has 2 heterocycles. The first kappa shape index (κ1) is 12.8. The molecule has 6 nitrogen and oxygen atoms in total. The minimum absolute atomic E-state index is 0.253. The molecule has 0 radical (unpaired) electrons. The Morgan fingerprint density at radius 2 is 2.35 bits per heavy atom. The fourth-order valence-electron chi connectivity index (χ4n) is 1.93. The number of hydrogen-bond donors (Lipinski definition) is 2. The number of nitrogens with one attached hydrogen (secondary N) is 1. The predicted molar refractivity (Wildman–Crippen MR) is 68.9 cm³/mol. The molecule has 94 valence electrons. The van der Waals surface area contributed by atoms with E-state index in [0.29, 0.717) is 16.4 Å². The lowest BCUT2D eigenvalue weighted by molar-refractivity contribution is -0.0218. The lowest BCUT2D eigenvalue weighted by atomic mass is 10.1. The zero-order chi connectivity index (χ0) is 12.6. The van der Waals surface area contributed by atoms with Crippen molar-refractivity contribution in [1.29, 1.82) is 0 Å². The molecule has 0 amide bonds. The molecule has 17 heavy (non-hydrogen) atoms. The average Bonchev–Trinajstić information content (AvgIpc) is 2.65. The highest BCUT2D eigenvalue weighted by atomic mass is 127. The molecule has 1 aromatic heterocycles. The monoisotopic (exact) mass is 352 g/mol. The van der Waals surface area contributed by atoms with E-state index >= 15 is 0 Å². The molecule has 0 aromatic carbocycles. The summed E-state index contributed by atoms with van der Waals surface area (Å²) in [6, 6.07) is 0. The second-order valence-electron chi connectivity index (χ2n) is 3.98. The summed E-state index contributed by atoms with van der Waals surface area (Å²) in [5, 5.41) is 9.72. The van der Waals surface area contributed by atoms with Crippen molar-refractivity contribution in [3.05, 3.63) is 30.6 Å². The number of aliphatic hydroxyl groups is 1. The number of aromatic amines is 1. The first-order valence-electron chi connectivity index (χ1n) is 5.37. The van der Waals surface area contributed by atoms with E-state index in [1.165, 1.54) is 10.8 Å². The molecule has 3 atom stereocenters. The Labute approximate surface area is 111 Å². The Morgan fingerprint density at radius 1 is 1.65 bits per heavy atom. The van der Waals surface area contributed by atoms with Gasteiger partial charge < -0.3 is 9.84 Å². The van der Waals surface area contributed by atoms with Gasteiger partial charge in [0.15, 0.2) is 0 Å². The first-order chi connectivity index (χ1) is 8.02. The number of rotatable bonds is 2. The number of H-pyrrole nitrogens is 1. The molecule has 0 aliphatic carbocycles. The summed E-state index contributed by atoms with van der Waals surface area (Å²) in [4.78, 5) is 25.1. The van der Waals surface area contributed by atoms with E-state index in [1.54, 1.807) is 0 Å². The summed E-state index contributed by atoms with van der Waals surface area (Å²) < 4.78 is 7.31. The number of halogens is 1. The van der Waals surface area contributed by atoms with Gasteiger partial charge in [-0.05, 0) is 29.0 Å². The quantitative estimate of drug-likeness (QED) is 0.745. The third-order valence-electron chi connectivity index (χ3n) is 2.84. The third-order valence-corrected chi connectivity index (χ3v) is 3.61. The van der Waals surface area contributed by atoms with Gasteiger partial charge in [-0.2, -0.15) is 0 Å². The largest absolute Gasteiger partial charge is 0.390 e. The Bertz CT molecular complexity index is 524. The number of nitrogens with zero attached hydrogens (tertiary/aromatic N) is 1. The smallest absolute Gasteiger partial charge is 0.330 e. The zero-order valence-electron chi connectivity index (χ0n) is 9.22. The van der Waals surface area contributed by atoms with Crippen LogP contribution in [0.4, 0.5) is 0 Å². The van der Waals surface area contributed by atoms with Gasteiger partial charge >= 0.3 is 5.69 Å². The van der Waals surface area contributed by atoms with Crippen LogP contribution in [-0.4, -0.2) is 26.9 Å². The maximum atomic E-state index is 11.6. The minimum Gasteiger partial charge on any atom is -0.390 e. The predicted octanol–water partition coefficient (Wildman–Crippen LogP) is 0.200. The standard InChI is InChI=1S/C10H13IN2O4/c1-2-7-6(14)3-8(17-7)13-4-5(11)9(15)12-10(13)16/h4,6-8,14H,2-3H2,1H3,(H,12,15,16)/t6?,7-,8-/m1/s1. The molecule has 1 saturated heterocycles. The van der Waals surface area contributed by atoms with Gasteiger partial charge in [-0.25, -0.2) is 4.79 Å². The first-order valence-corrected chi connectivity index (χ1v) is 6.45.